The lowest BCUT2D eigenvalue weighted by Gasteiger charge is -2.16. The Morgan fingerprint density at radius 3 is 2.43 bits per heavy atom. The monoisotopic (exact) mass is 334 g/mol. The Morgan fingerprint density at radius 2 is 1.83 bits per heavy atom. The quantitative estimate of drug-likeness (QED) is 0.622. The first-order chi connectivity index (χ1) is 10.9. The number of benzene rings is 2. The molecule has 0 aliphatic heterocycles. The fourth-order valence-electron chi connectivity index (χ4n) is 2.28. The number of hydrogen-bond donors (Lipinski definition) is 1. The highest BCUT2D eigenvalue weighted by Gasteiger charge is 2.19. The minimum absolute atomic E-state index is 0.0460. The first-order valence-corrected chi connectivity index (χ1v) is 8.71. The van der Waals surface area contributed by atoms with Crippen LogP contribution in [0.2, 0.25) is 0 Å². The third kappa shape index (κ3) is 4.37. The summed E-state index contributed by atoms with van der Waals surface area (Å²) in [6.45, 7) is 2.23. The minimum Gasteiger partial charge on any atom is -0.258 e. The largest absolute Gasteiger partial charge is 0.270 e. The van der Waals surface area contributed by atoms with Gasteiger partial charge in [0.05, 0.1) is 9.82 Å². The Hall–Kier alpha value is -2.25. The summed E-state index contributed by atoms with van der Waals surface area (Å²) >= 11 is 0. The second-order valence-corrected chi connectivity index (χ2v) is 6.89. The molecule has 0 spiro atoms. The van der Waals surface area contributed by atoms with Gasteiger partial charge >= 0.3 is 0 Å². The van der Waals surface area contributed by atoms with Gasteiger partial charge in [-0.1, -0.05) is 43.3 Å². The molecule has 7 heteroatoms. The van der Waals surface area contributed by atoms with Crippen LogP contribution >= 0.6 is 0 Å². The second kappa shape index (κ2) is 7.34. The van der Waals surface area contributed by atoms with Crippen molar-refractivity contribution in [1.29, 1.82) is 0 Å². The smallest absolute Gasteiger partial charge is 0.258 e. The van der Waals surface area contributed by atoms with Crippen molar-refractivity contribution in [3.8, 4) is 0 Å². The molecule has 122 valence electrons. The molecule has 6 nitrogen and oxygen atoms in total. The normalized spacial score (nSPS) is 12.7. The van der Waals surface area contributed by atoms with Crippen molar-refractivity contribution < 1.29 is 13.3 Å². The predicted molar refractivity (Wildman–Crippen MR) is 87.8 cm³/mol. The maximum Gasteiger partial charge on any atom is 0.270 e. The van der Waals surface area contributed by atoms with E-state index in [0.29, 0.717) is 0 Å². The molecule has 23 heavy (non-hydrogen) atoms. The van der Waals surface area contributed by atoms with E-state index in [4.69, 9.17) is 0 Å². The summed E-state index contributed by atoms with van der Waals surface area (Å²) in [6, 6.07) is 14.7. The van der Waals surface area contributed by atoms with Crippen LogP contribution in [0.3, 0.4) is 0 Å². The molecule has 0 fully saturated rings. The van der Waals surface area contributed by atoms with Crippen LogP contribution in [0.15, 0.2) is 59.5 Å². The van der Waals surface area contributed by atoms with Gasteiger partial charge in [-0.3, -0.25) is 10.1 Å². The van der Waals surface area contributed by atoms with Crippen molar-refractivity contribution >= 4 is 15.7 Å². The van der Waals surface area contributed by atoms with E-state index in [2.05, 4.69) is 4.72 Å². The summed E-state index contributed by atoms with van der Waals surface area (Å²) < 4.78 is 27.2. The van der Waals surface area contributed by atoms with Crippen LogP contribution in [0.4, 0.5) is 5.69 Å². The number of rotatable bonds is 7. The molecule has 0 heterocycles. The van der Waals surface area contributed by atoms with Gasteiger partial charge in [0.15, 0.2) is 0 Å². The van der Waals surface area contributed by atoms with E-state index in [1.54, 1.807) is 0 Å². The van der Waals surface area contributed by atoms with Crippen LogP contribution in [0, 0.1) is 10.1 Å². The average Bonchev–Trinajstić information content (AvgIpc) is 2.56. The average molecular weight is 334 g/mol. The standard InChI is InChI=1S/C16H18N2O4S/c1-2-13(14-7-4-3-5-8-14)12-17-23(21,22)16-10-6-9-15(11-16)18(19)20/h3-11,13,17H,2,12H2,1H3. The molecule has 0 bridgehead atoms. The van der Waals surface area contributed by atoms with Crippen molar-refractivity contribution in [2.45, 2.75) is 24.2 Å². The Labute approximate surface area is 135 Å². The van der Waals surface area contributed by atoms with Gasteiger partial charge in [-0.05, 0) is 24.0 Å². The number of hydrogen-bond acceptors (Lipinski definition) is 4. The lowest BCUT2D eigenvalue weighted by molar-refractivity contribution is -0.385. The van der Waals surface area contributed by atoms with Gasteiger partial charge in [-0.2, -0.15) is 0 Å². The number of sulfonamides is 1. The van der Waals surface area contributed by atoms with Gasteiger partial charge in [-0.25, -0.2) is 13.1 Å². The third-order valence-electron chi connectivity index (χ3n) is 3.62. The zero-order valence-corrected chi connectivity index (χ0v) is 13.5. The molecule has 1 unspecified atom stereocenters. The molecular formula is C16H18N2O4S. The third-order valence-corrected chi connectivity index (χ3v) is 5.04. The Kier molecular flexibility index (Phi) is 5.46. The van der Waals surface area contributed by atoms with Crippen molar-refractivity contribution in [1.82, 2.24) is 4.72 Å². The number of nitro groups is 1. The zero-order valence-electron chi connectivity index (χ0n) is 12.7. The molecule has 1 atom stereocenters. The van der Waals surface area contributed by atoms with Crippen LogP contribution in [0.5, 0.6) is 0 Å². The molecule has 0 radical (unpaired) electrons. The molecule has 0 aliphatic carbocycles. The molecule has 0 amide bonds. The van der Waals surface area contributed by atoms with Crippen molar-refractivity contribution in [3.05, 3.63) is 70.3 Å². The first kappa shape index (κ1) is 17.1. The zero-order chi connectivity index (χ0) is 16.9. The minimum atomic E-state index is -3.78. The molecule has 2 aromatic rings. The van der Waals surface area contributed by atoms with Crippen LogP contribution in [0.25, 0.3) is 0 Å². The molecule has 0 saturated heterocycles. The van der Waals surface area contributed by atoms with Gasteiger partial charge in [0, 0.05) is 18.7 Å². The lowest BCUT2D eigenvalue weighted by atomic mass is 9.97. The molecule has 0 aliphatic rings. The summed E-state index contributed by atoms with van der Waals surface area (Å²) in [5.41, 5.74) is 0.805. The fraction of sp³-hybridized carbons (Fsp3) is 0.250. The van der Waals surface area contributed by atoms with E-state index >= 15 is 0 Å². The Morgan fingerprint density at radius 1 is 1.13 bits per heavy atom. The molecule has 0 saturated carbocycles. The first-order valence-electron chi connectivity index (χ1n) is 7.23. The predicted octanol–water partition coefficient (Wildman–Crippen LogP) is 3.07. The molecule has 2 aromatic carbocycles. The van der Waals surface area contributed by atoms with Gasteiger partial charge in [0.2, 0.25) is 10.0 Å². The van der Waals surface area contributed by atoms with E-state index in [-0.39, 0.29) is 23.0 Å². The maximum absolute atomic E-state index is 12.3. The van der Waals surface area contributed by atoms with Gasteiger partial charge in [0.1, 0.15) is 0 Å². The van der Waals surface area contributed by atoms with Crippen LogP contribution in [-0.2, 0) is 10.0 Å². The number of non-ortho nitro benzene ring substituents is 1. The molecular weight excluding hydrogens is 316 g/mol. The highest BCUT2D eigenvalue weighted by Crippen LogP contribution is 2.20. The molecule has 2 rings (SSSR count). The number of nitro benzene ring substituents is 1. The van der Waals surface area contributed by atoms with Crippen molar-refractivity contribution in [2.75, 3.05) is 6.54 Å². The molecule has 1 N–H and O–H groups in total. The van der Waals surface area contributed by atoms with Crippen molar-refractivity contribution in [2.24, 2.45) is 0 Å². The van der Waals surface area contributed by atoms with E-state index in [9.17, 15) is 18.5 Å². The van der Waals surface area contributed by atoms with Crippen LogP contribution < -0.4 is 4.72 Å². The highest BCUT2D eigenvalue weighted by molar-refractivity contribution is 7.89. The summed E-state index contributed by atoms with van der Waals surface area (Å²) in [4.78, 5) is 10.1. The maximum atomic E-state index is 12.3. The Balaban J connectivity index is 2.15. The fourth-order valence-corrected chi connectivity index (χ4v) is 3.40. The van der Waals surface area contributed by atoms with Crippen molar-refractivity contribution in [3.63, 3.8) is 0 Å². The summed E-state index contributed by atoms with van der Waals surface area (Å²) in [5, 5.41) is 10.8. The second-order valence-electron chi connectivity index (χ2n) is 5.12. The van der Waals surface area contributed by atoms with Crippen LogP contribution in [-0.4, -0.2) is 19.9 Å². The van der Waals surface area contributed by atoms with E-state index < -0.39 is 14.9 Å². The SMILES string of the molecule is CCC(CNS(=O)(=O)c1cccc([N+](=O)[O-])c1)c1ccccc1. The van der Waals surface area contributed by atoms with E-state index in [1.165, 1.54) is 18.2 Å². The van der Waals surface area contributed by atoms with E-state index in [1.807, 2.05) is 37.3 Å². The number of nitrogens with one attached hydrogen (secondary N) is 1. The highest BCUT2D eigenvalue weighted by atomic mass is 32.2. The number of nitrogens with zero attached hydrogens (tertiary/aromatic N) is 1. The van der Waals surface area contributed by atoms with Gasteiger partial charge < -0.3 is 0 Å². The van der Waals surface area contributed by atoms with Crippen LogP contribution in [0.1, 0.15) is 24.8 Å². The Bertz CT molecular complexity index is 776. The summed E-state index contributed by atoms with van der Waals surface area (Å²) in [6.07, 6.45) is 0.779. The topological polar surface area (TPSA) is 89.3 Å². The molecule has 0 aromatic heterocycles. The summed E-state index contributed by atoms with van der Waals surface area (Å²) in [7, 11) is -3.78. The lowest BCUT2D eigenvalue weighted by Crippen LogP contribution is -2.28. The van der Waals surface area contributed by atoms with Gasteiger partial charge in [0.25, 0.3) is 5.69 Å². The summed E-state index contributed by atoms with van der Waals surface area (Å²) in [5.74, 6) is 0.0460. The van der Waals surface area contributed by atoms with Gasteiger partial charge in [-0.15, -0.1) is 0 Å². The van der Waals surface area contributed by atoms with E-state index in [0.717, 1.165) is 18.1 Å².